The summed E-state index contributed by atoms with van der Waals surface area (Å²) in [6, 6.07) is 8.18. The zero-order chi connectivity index (χ0) is 18.3. The maximum Gasteiger partial charge on any atom is 0.259 e. The van der Waals surface area contributed by atoms with Gasteiger partial charge < -0.3 is 9.80 Å². The van der Waals surface area contributed by atoms with Crippen LogP contribution in [0.25, 0.3) is 10.2 Å². The summed E-state index contributed by atoms with van der Waals surface area (Å²) in [6.45, 7) is 1.54. The van der Waals surface area contributed by atoms with Crippen molar-refractivity contribution in [2.75, 3.05) is 31.1 Å². The van der Waals surface area contributed by atoms with Crippen molar-refractivity contribution in [2.45, 2.75) is 0 Å². The Balaban J connectivity index is 1.50. The average Bonchev–Trinajstić information content (AvgIpc) is 3.07. The molecule has 134 valence electrons. The Morgan fingerprint density at radius 1 is 0.923 bits per heavy atom. The summed E-state index contributed by atoms with van der Waals surface area (Å²) in [4.78, 5) is 20.1. The van der Waals surface area contributed by atoms with E-state index in [1.165, 1.54) is 28.4 Å². The zero-order valence-corrected chi connectivity index (χ0v) is 14.4. The first-order valence-corrected chi connectivity index (χ1v) is 8.89. The number of fused-ring (bicyclic) bond motifs is 1. The number of carbonyl (C=O) groups is 1. The minimum absolute atomic E-state index is 0.311. The van der Waals surface area contributed by atoms with E-state index in [1.807, 2.05) is 4.90 Å². The number of hydrogen-bond acceptors (Lipinski definition) is 4. The second kappa shape index (κ2) is 6.60. The smallest absolute Gasteiger partial charge is 0.259 e. The van der Waals surface area contributed by atoms with Crippen molar-refractivity contribution in [2.24, 2.45) is 0 Å². The van der Waals surface area contributed by atoms with Crippen LogP contribution in [0.4, 0.5) is 18.3 Å². The van der Waals surface area contributed by atoms with Crippen LogP contribution >= 0.6 is 11.3 Å². The number of para-hydroxylation sites is 1. The molecular formula is C18H14F3N3OS. The number of thiazole rings is 1. The van der Waals surface area contributed by atoms with Crippen LogP contribution in [-0.2, 0) is 0 Å². The van der Waals surface area contributed by atoms with Crippen LogP contribution in [-0.4, -0.2) is 42.0 Å². The highest BCUT2D eigenvalue weighted by Gasteiger charge is 2.27. The second-order valence-electron chi connectivity index (χ2n) is 5.96. The van der Waals surface area contributed by atoms with Gasteiger partial charge in [-0.3, -0.25) is 4.79 Å². The molecule has 26 heavy (non-hydrogen) atoms. The van der Waals surface area contributed by atoms with Gasteiger partial charge in [-0.05, 0) is 24.3 Å². The minimum atomic E-state index is -0.862. The van der Waals surface area contributed by atoms with Crippen LogP contribution < -0.4 is 4.90 Å². The predicted molar refractivity (Wildman–Crippen MR) is 94.1 cm³/mol. The summed E-state index contributed by atoms with van der Waals surface area (Å²) in [5, 5.41) is 0.675. The number of rotatable bonds is 2. The van der Waals surface area contributed by atoms with E-state index in [1.54, 1.807) is 12.1 Å². The summed E-state index contributed by atoms with van der Waals surface area (Å²) in [5.41, 5.74) is -0.192. The largest absolute Gasteiger partial charge is 0.345 e. The molecule has 4 nitrogen and oxygen atoms in total. The van der Waals surface area contributed by atoms with E-state index in [-0.39, 0.29) is 5.82 Å². The molecule has 1 aliphatic rings. The summed E-state index contributed by atoms with van der Waals surface area (Å²) >= 11 is 1.38. The minimum Gasteiger partial charge on any atom is -0.345 e. The molecule has 0 bridgehead atoms. The molecule has 2 heterocycles. The molecular weight excluding hydrogens is 363 g/mol. The van der Waals surface area contributed by atoms with Gasteiger partial charge in [0, 0.05) is 26.2 Å². The van der Waals surface area contributed by atoms with Gasteiger partial charge in [-0.1, -0.05) is 23.5 Å². The molecule has 0 N–H and O–H groups in total. The first-order chi connectivity index (χ1) is 12.5. The average molecular weight is 377 g/mol. The van der Waals surface area contributed by atoms with Crippen molar-refractivity contribution < 1.29 is 18.0 Å². The van der Waals surface area contributed by atoms with E-state index in [0.29, 0.717) is 36.8 Å². The molecule has 1 aliphatic heterocycles. The normalized spacial score (nSPS) is 14.9. The number of aromatic nitrogens is 1. The van der Waals surface area contributed by atoms with E-state index >= 15 is 0 Å². The SMILES string of the molecule is O=C(c1c(F)cccc1F)N1CCN(c2nc3c(F)cccc3s2)CC1. The Hall–Kier alpha value is -2.61. The van der Waals surface area contributed by atoms with Crippen molar-refractivity contribution in [3.63, 3.8) is 0 Å². The van der Waals surface area contributed by atoms with Crippen molar-refractivity contribution in [3.05, 3.63) is 59.4 Å². The third kappa shape index (κ3) is 2.90. The van der Waals surface area contributed by atoms with E-state index in [2.05, 4.69) is 4.98 Å². The highest BCUT2D eigenvalue weighted by atomic mass is 32.1. The van der Waals surface area contributed by atoms with Gasteiger partial charge in [-0.2, -0.15) is 0 Å². The van der Waals surface area contributed by atoms with Gasteiger partial charge in [-0.15, -0.1) is 0 Å². The zero-order valence-electron chi connectivity index (χ0n) is 13.6. The number of carbonyl (C=O) groups excluding carboxylic acids is 1. The molecule has 0 aliphatic carbocycles. The molecule has 1 aromatic heterocycles. The van der Waals surface area contributed by atoms with Crippen LogP contribution in [0.5, 0.6) is 0 Å². The fourth-order valence-electron chi connectivity index (χ4n) is 3.00. The third-order valence-electron chi connectivity index (χ3n) is 4.37. The Morgan fingerprint density at radius 2 is 1.54 bits per heavy atom. The Bertz CT molecular complexity index is 963. The second-order valence-corrected chi connectivity index (χ2v) is 6.97. The molecule has 2 aromatic carbocycles. The monoisotopic (exact) mass is 377 g/mol. The summed E-state index contributed by atoms with van der Waals surface area (Å²) in [5.74, 6) is -2.75. The Morgan fingerprint density at radius 3 is 2.19 bits per heavy atom. The number of piperazine rings is 1. The number of anilines is 1. The number of hydrogen-bond donors (Lipinski definition) is 0. The van der Waals surface area contributed by atoms with Crippen molar-refractivity contribution in [1.82, 2.24) is 9.88 Å². The van der Waals surface area contributed by atoms with Crippen LogP contribution in [0.15, 0.2) is 36.4 Å². The van der Waals surface area contributed by atoms with E-state index in [9.17, 15) is 18.0 Å². The maximum absolute atomic E-state index is 13.8. The quantitative estimate of drug-likeness (QED) is 0.684. The first-order valence-electron chi connectivity index (χ1n) is 8.08. The highest BCUT2D eigenvalue weighted by molar-refractivity contribution is 7.22. The van der Waals surface area contributed by atoms with E-state index in [4.69, 9.17) is 0 Å². The molecule has 8 heteroatoms. The van der Waals surface area contributed by atoms with Gasteiger partial charge in [0.1, 0.15) is 28.5 Å². The number of benzene rings is 2. The fraction of sp³-hybridized carbons (Fsp3) is 0.222. The fourth-order valence-corrected chi connectivity index (χ4v) is 4.03. The lowest BCUT2D eigenvalue weighted by Crippen LogP contribution is -2.49. The first kappa shape index (κ1) is 16.8. The van der Waals surface area contributed by atoms with Gasteiger partial charge in [0.2, 0.25) is 0 Å². The molecule has 0 atom stereocenters. The molecule has 0 unspecified atom stereocenters. The molecule has 4 rings (SSSR count). The number of amides is 1. The van der Waals surface area contributed by atoms with Crippen molar-refractivity contribution in [3.8, 4) is 0 Å². The Labute approximate surface area is 151 Å². The molecule has 0 radical (unpaired) electrons. The van der Waals surface area contributed by atoms with Crippen molar-refractivity contribution in [1.29, 1.82) is 0 Å². The van der Waals surface area contributed by atoms with Gasteiger partial charge in [0.15, 0.2) is 5.13 Å². The molecule has 1 fully saturated rings. The van der Waals surface area contributed by atoms with E-state index in [0.717, 1.165) is 16.8 Å². The molecule has 1 saturated heterocycles. The van der Waals surface area contributed by atoms with Crippen LogP contribution in [0.3, 0.4) is 0 Å². The lowest BCUT2D eigenvalue weighted by molar-refractivity contribution is 0.0737. The topological polar surface area (TPSA) is 36.4 Å². The summed E-state index contributed by atoms with van der Waals surface area (Å²) in [6.07, 6.45) is 0. The molecule has 1 amide bonds. The van der Waals surface area contributed by atoms with Crippen LogP contribution in [0.1, 0.15) is 10.4 Å². The maximum atomic E-state index is 13.8. The van der Waals surface area contributed by atoms with Gasteiger partial charge in [0.05, 0.1) is 4.70 Å². The lowest BCUT2D eigenvalue weighted by Gasteiger charge is -2.34. The van der Waals surface area contributed by atoms with Gasteiger partial charge >= 0.3 is 0 Å². The van der Waals surface area contributed by atoms with Crippen LogP contribution in [0.2, 0.25) is 0 Å². The lowest BCUT2D eigenvalue weighted by atomic mass is 10.1. The predicted octanol–water partition coefficient (Wildman–Crippen LogP) is 3.68. The molecule has 0 saturated carbocycles. The Kier molecular flexibility index (Phi) is 4.28. The number of halogens is 3. The highest BCUT2D eigenvalue weighted by Crippen LogP contribution is 2.30. The van der Waals surface area contributed by atoms with Gasteiger partial charge in [0.25, 0.3) is 5.91 Å². The number of nitrogens with zero attached hydrogens (tertiary/aromatic N) is 3. The van der Waals surface area contributed by atoms with Crippen LogP contribution in [0, 0.1) is 17.5 Å². The molecule has 3 aromatic rings. The summed E-state index contributed by atoms with van der Waals surface area (Å²) in [7, 11) is 0. The summed E-state index contributed by atoms with van der Waals surface area (Å²) < 4.78 is 42.2. The van der Waals surface area contributed by atoms with Gasteiger partial charge in [-0.25, -0.2) is 18.2 Å². The standard InChI is InChI=1S/C18H14F3N3OS/c19-11-3-1-4-12(20)15(11)17(25)23-7-9-24(10-8-23)18-22-16-13(21)5-2-6-14(16)26-18/h1-6H,7-10H2. The third-order valence-corrected chi connectivity index (χ3v) is 5.45. The molecule has 0 spiro atoms. The van der Waals surface area contributed by atoms with Crippen molar-refractivity contribution >= 4 is 32.6 Å². The van der Waals surface area contributed by atoms with E-state index < -0.39 is 23.1 Å².